The van der Waals surface area contributed by atoms with Crippen molar-refractivity contribution in [3.05, 3.63) is 53.1 Å². The molecule has 0 amide bonds. The fourth-order valence-corrected chi connectivity index (χ4v) is 7.05. The fraction of sp³-hybridized carbons (Fsp3) is 0.531. The van der Waals surface area contributed by atoms with Gasteiger partial charge < -0.3 is 19.3 Å². The molecule has 208 valence electrons. The topological polar surface area (TPSA) is 57.9 Å². The number of ether oxygens (including phenoxy) is 1. The van der Waals surface area contributed by atoms with Gasteiger partial charge in [-0.3, -0.25) is 4.90 Å². The van der Waals surface area contributed by atoms with E-state index in [9.17, 15) is 9.90 Å². The van der Waals surface area contributed by atoms with Crippen LogP contribution in [0.2, 0.25) is 0 Å². The summed E-state index contributed by atoms with van der Waals surface area (Å²) >= 11 is 0. The van der Waals surface area contributed by atoms with Crippen molar-refractivity contribution >= 4 is 16.9 Å². The first-order valence-electron chi connectivity index (χ1n) is 14.8. The molecule has 2 atom stereocenters. The number of aromatic nitrogens is 1. The van der Waals surface area contributed by atoms with Crippen molar-refractivity contribution in [2.75, 3.05) is 39.3 Å². The van der Waals surface area contributed by atoms with Gasteiger partial charge >= 0.3 is 5.97 Å². The number of nitrogens with zero attached hydrogens (tertiary/aromatic N) is 3. The summed E-state index contributed by atoms with van der Waals surface area (Å²) in [6, 6.07) is 11.7. The maximum absolute atomic E-state index is 15.6. The summed E-state index contributed by atoms with van der Waals surface area (Å²) in [7, 11) is 0. The van der Waals surface area contributed by atoms with Gasteiger partial charge in [0, 0.05) is 55.1 Å². The Hall–Kier alpha value is -2.90. The number of hydrogen-bond acceptors (Lipinski definition) is 4. The van der Waals surface area contributed by atoms with Crippen molar-refractivity contribution in [3.63, 3.8) is 0 Å². The average Bonchev–Trinajstić information content (AvgIpc) is 3.55. The zero-order chi connectivity index (χ0) is 26.9. The van der Waals surface area contributed by atoms with Crippen molar-refractivity contribution in [1.29, 1.82) is 0 Å². The van der Waals surface area contributed by atoms with Crippen LogP contribution in [0.25, 0.3) is 22.2 Å². The summed E-state index contributed by atoms with van der Waals surface area (Å²) in [6.45, 7) is 9.40. The molecule has 3 aliphatic rings. The average molecular weight is 534 g/mol. The number of alkyl halides is 1. The predicted molar refractivity (Wildman–Crippen MR) is 153 cm³/mol. The lowest BCUT2D eigenvalue weighted by Crippen LogP contribution is -2.36. The molecule has 39 heavy (non-hydrogen) atoms. The largest absolute Gasteiger partial charge is 0.494 e. The Morgan fingerprint density at radius 3 is 2.54 bits per heavy atom. The highest BCUT2D eigenvalue weighted by Crippen LogP contribution is 2.47. The summed E-state index contributed by atoms with van der Waals surface area (Å²) in [4.78, 5) is 17.0. The Morgan fingerprint density at radius 2 is 1.77 bits per heavy atom. The molecule has 3 aromatic rings. The molecule has 2 fully saturated rings. The van der Waals surface area contributed by atoms with Gasteiger partial charge in [-0.15, -0.1) is 0 Å². The molecule has 6 rings (SSSR count). The lowest BCUT2D eigenvalue weighted by Gasteiger charge is -2.31. The highest BCUT2D eigenvalue weighted by Gasteiger charge is 2.34. The van der Waals surface area contributed by atoms with E-state index >= 15 is 4.39 Å². The lowest BCUT2D eigenvalue weighted by atomic mass is 9.80. The zero-order valence-electron chi connectivity index (χ0n) is 23.0. The van der Waals surface area contributed by atoms with Gasteiger partial charge in [-0.25, -0.2) is 9.18 Å². The monoisotopic (exact) mass is 533 g/mol. The summed E-state index contributed by atoms with van der Waals surface area (Å²) < 4.78 is 23.8. The van der Waals surface area contributed by atoms with Crippen LogP contribution in [0.3, 0.4) is 0 Å². The SMILES string of the molecule is CCOc1ccc2c(c1)CN(CCN1CCCC1)CCn1c-2c([C@@H]2CCCC[C@H]2F)c2ccc(C(=O)O)cc21. The highest BCUT2D eigenvalue weighted by atomic mass is 19.1. The summed E-state index contributed by atoms with van der Waals surface area (Å²) in [5.41, 5.74) is 5.61. The number of fused-ring (bicyclic) bond motifs is 5. The van der Waals surface area contributed by atoms with E-state index < -0.39 is 12.1 Å². The van der Waals surface area contributed by atoms with Crippen molar-refractivity contribution in [2.24, 2.45) is 0 Å². The predicted octanol–water partition coefficient (Wildman–Crippen LogP) is 6.31. The molecular weight excluding hydrogens is 493 g/mol. The third-order valence-electron chi connectivity index (χ3n) is 9.01. The number of carboxylic acid groups (broad SMARTS) is 1. The summed E-state index contributed by atoms with van der Waals surface area (Å²) in [5, 5.41) is 10.8. The number of aromatic carboxylic acids is 1. The molecular formula is C32H40FN3O3. The maximum Gasteiger partial charge on any atom is 0.335 e. The number of carboxylic acids is 1. The van der Waals surface area contributed by atoms with Crippen LogP contribution in [0.15, 0.2) is 36.4 Å². The van der Waals surface area contributed by atoms with Gasteiger partial charge in [0.1, 0.15) is 11.9 Å². The van der Waals surface area contributed by atoms with Crippen LogP contribution in [0.5, 0.6) is 5.75 Å². The van der Waals surface area contributed by atoms with Gasteiger partial charge in [0.25, 0.3) is 0 Å². The maximum atomic E-state index is 15.6. The molecule has 1 aromatic heterocycles. The van der Waals surface area contributed by atoms with Crippen LogP contribution in [-0.4, -0.2) is 70.9 Å². The molecule has 0 bridgehead atoms. The zero-order valence-corrected chi connectivity index (χ0v) is 23.0. The number of carbonyl (C=O) groups is 1. The number of likely N-dealkylation sites (tertiary alicyclic amines) is 1. The first-order chi connectivity index (χ1) is 19.0. The van der Waals surface area contributed by atoms with Gasteiger partial charge in [0.2, 0.25) is 0 Å². The molecule has 2 aliphatic heterocycles. The first-order valence-corrected chi connectivity index (χ1v) is 14.8. The Kier molecular flexibility index (Phi) is 7.63. The minimum absolute atomic E-state index is 0.182. The van der Waals surface area contributed by atoms with Crippen LogP contribution in [0.4, 0.5) is 4.39 Å². The smallest absolute Gasteiger partial charge is 0.335 e. The Labute approximate surface area is 230 Å². The number of hydrogen-bond donors (Lipinski definition) is 1. The first kappa shape index (κ1) is 26.3. The molecule has 6 nitrogen and oxygen atoms in total. The van der Waals surface area contributed by atoms with E-state index in [-0.39, 0.29) is 11.5 Å². The number of rotatable bonds is 7. The third kappa shape index (κ3) is 5.19. The van der Waals surface area contributed by atoms with Gasteiger partial charge in [-0.1, -0.05) is 18.9 Å². The molecule has 0 spiro atoms. The van der Waals surface area contributed by atoms with E-state index in [2.05, 4.69) is 26.5 Å². The van der Waals surface area contributed by atoms with E-state index in [1.165, 1.54) is 31.5 Å². The third-order valence-corrected chi connectivity index (χ3v) is 9.01. The molecule has 0 unspecified atom stereocenters. The van der Waals surface area contributed by atoms with Gasteiger partial charge in [0.05, 0.1) is 17.9 Å². The second-order valence-electron chi connectivity index (χ2n) is 11.4. The molecule has 0 radical (unpaired) electrons. The normalized spacial score (nSPS) is 22.3. The van der Waals surface area contributed by atoms with Crippen molar-refractivity contribution < 1.29 is 19.0 Å². The second-order valence-corrected chi connectivity index (χ2v) is 11.4. The van der Waals surface area contributed by atoms with Crippen LogP contribution < -0.4 is 4.74 Å². The van der Waals surface area contributed by atoms with Crippen LogP contribution in [0.1, 0.15) is 72.9 Å². The molecule has 7 heteroatoms. The second kappa shape index (κ2) is 11.3. The number of benzene rings is 2. The minimum Gasteiger partial charge on any atom is -0.494 e. The molecule has 1 aliphatic carbocycles. The molecule has 1 saturated heterocycles. The van der Waals surface area contributed by atoms with Gasteiger partial charge in [0.15, 0.2) is 0 Å². The molecule has 1 saturated carbocycles. The van der Waals surface area contributed by atoms with E-state index in [0.29, 0.717) is 13.0 Å². The van der Waals surface area contributed by atoms with Crippen LogP contribution in [-0.2, 0) is 13.1 Å². The van der Waals surface area contributed by atoms with E-state index in [1.807, 2.05) is 19.1 Å². The quantitative estimate of drug-likeness (QED) is 0.386. The highest BCUT2D eigenvalue weighted by molar-refractivity contribution is 5.98. The van der Waals surface area contributed by atoms with E-state index in [4.69, 9.17) is 4.74 Å². The van der Waals surface area contributed by atoms with Crippen LogP contribution in [0, 0.1) is 0 Å². The Morgan fingerprint density at radius 1 is 0.974 bits per heavy atom. The Bertz CT molecular complexity index is 1350. The number of halogens is 1. The Balaban J connectivity index is 1.51. The molecule has 1 N–H and O–H groups in total. The van der Waals surface area contributed by atoms with Crippen molar-refractivity contribution in [1.82, 2.24) is 14.4 Å². The van der Waals surface area contributed by atoms with Crippen molar-refractivity contribution in [3.8, 4) is 17.0 Å². The van der Waals surface area contributed by atoms with E-state index in [0.717, 1.165) is 85.5 Å². The van der Waals surface area contributed by atoms with Gasteiger partial charge in [-0.2, -0.15) is 0 Å². The summed E-state index contributed by atoms with van der Waals surface area (Å²) in [5.74, 6) is -0.261. The van der Waals surface area contributed by atoms with Gasteiger partial charge in [-0.05, 0) is 87.2 Å². The van der Waals surface area contributed by atoms with E-state index in [1.54, 1.807) is 12.1 Å². The molecule has 3 heterocycles. The fourth-order valence-electron chi connectivity index (χ4n) is 7.05. The summed E-state index contributed by atoms with van der Waals surface area (Å²) in [6.07, 6.45) is 5.03. The minimum atomic E-state index is -0.935. The van der Waals surface area contributed by atoms with Crippen molar-refractivity contribution in [2.45, 2.75) is 70.6 Å². The standard InChI is InChI=1S/C32H40FN3O3/c1-2-39-24-10-12-25-23(19-24)21-35(16-15-34-13-5-6-14-34)17-18-36-29-20-22(32(37)38)9-11-27(29)30(31(25)36)26-7-3-4-8-28(26)33/h9-12,19-20,26,28H,2-8,13-18,21H2,1H3,(H,37,38)/t26-,28-/m1/s1. The van der Waals surface area contributed by atoms with Crippen LogP contribution >= 0.6 is 0 Å². The molecule has 2 aromatic carbocycles. The lowest BCUT2D eigenvalue weighted by molar-refractivity contribution is 0.0697.